The van der Waals surface area contributed by atoms with E-state index in [-0.39, 0.29) is 6.10 Å². The van der Waals surface area contributed by atoms with Gasteiger partial charge in [0.2, 0.25) is 0 Å². The molecule has 1 fully saturated rings. The molecule has 1 heterocycles. The zero-order valence-corrected chi connectivity index (χ0v) is 11.7. The fraction of sp³-hybridized carbons (Fsp3) is 0.375. The maximum absolute atomic E-state index is 11.8. The molecule has 0 amide bonds. The third kappa shape index (κ3) is 3.24. The van der Waals surface area contributed by atoms with Crippen molar-refractivity contribution in [2.75, 3.05) is 0 Å². The van der Waals surface area contributed by atoms with Gasteiger partial charge >= 0.3 is 5.69 Å². The Balaban J connectivity index is 1.85. The second-order valence-corrected chi connectivity index (χ2v) is 5.36. The highest BCUT2D eigenvalue weighted by molar-refractivity contribution is 5.39. The average molecular weight is 286 g/mol. The van der Waals surface area contributed by atoms with E-state index in [1.807, 2.05) is 24.3 Å². The van der Waals surface area contributed by atoms with E-state index in [0.29, 0.717) is 5.69 Å². The van der Waals surface area contributed by atoms with Crippen LogP contribution in [0.15, 0.2) is 46.1 Å². The summed E-state index contributed by atoms with van der Waals surface area (Å²) in [6.07, 6.45) is 7.62. The molecule has 1 aromatic carbocycles. The Morgan fingerprint density at radius 3 is 2.67 bits per heavy atom. The van der Waals surface area contributed by atoms with Crippen LogP contribution in [0.25, 0.3) is 5.69 Å². The lowest BCUT2D eigenvalue weighted by atomic mass is 9.98. The third-order valence-corrected chi connectivity index (χ3v) is 3.77. The van der Waals surface area contributed by atoms with Crippen molar-refractivity contribution in [1.82, 2.24) is 9.55 Å². The van der Waals surface area contributed by atoms with Crippen LogP contribution in [0, 0.1) is 0 Å². The number of ether oxygens (including phenoxy) is 1. The Morgan fingerprint density at radius 2 is 1.90 bits per heavy atom. The van der Waals surface area contributed by atoms with Gasteiger partial charge in [-0.3, -0.25) is 14.3 Å². The van der Waals surface area contributed by atoms with Crippen LogP contribution in [0.2, 0.25) is 0 Å². The Kier molecular flexibility index (Phi) is 3.90. The predicted octanol–water partition coefficient (Wildman–Crippen LogP) is 2.24. The third-order valence-electron chi connectivity index (χ3n) is 3.77. The molecule has 0 bridgehead atoms. The molecule has 0 radical (unpaired) electrons. The van der Waals surface area contributed by atoms with Crippen LogP contribution in [0.4, 0.5) is 0 Å². The van der Waals surface area contributed by atoms with Crippen LogP contribution in [-0.4, -0.2) is 15.7 Å². The van der Waals surface area contributed by atoms with Crippen molar-refractivity contribution in [3.8, 4) is 11.4 Å². The molecular weight excluding hydrogens is 268 g/mol. The molecule has 0 unspecified atom stereocenters. The van der Waals surface area contributed by atoms with E-state index >= 15 is 0 Å². The van der Waals surface area contributed by atoms with E-state index in [1.165, 1.54) is 36.1 Å². The number of benzene rings is 1. The van der Waals surface area contributed by atoms with Gasteiger partial charge in [-0.2, -0.15) is 0 Å². The number of nitrogens with zero attached hydrogens (tertiary/aromatic N) is 1. The van der Waals surface area contributed by atoms with Crippen LogP contribution < -0.4 is 16.0 Å². The normalized spacial score (nSPS) is 15.8. The first-order valence-corrected chi connectivity index (χ1v) is 7.31. The molecule has 0 atom stereocenters. The van der Waals surface area contributed by atoms with Crippen LogP contribution in [0.5, 0.6) is 5.75 Å². The lowest BCUT2D eigenvalue weighted by molar-refractivity contribution is 0.155. The molecule has 21 heavy (non-hydrogen) atoms. The maximum atomic E-state index is 11.8. The van der Waals surface area contributed by atoms with E-state index in [4.69, 9.17) is 4.74 Å². The molecule has 0 spiro atoms. The minimum Gasteiger partial charge on any atom is -0.490 e. The highest BCUT2D eigenvalue weighted by Gasteiger charge is 2.15. The fourth-order valence-electron chi connectivity index (χ4n) is 2.70. The first-order valence-electron chi connectivity index (χ1n) is 7.31. The molecule has 5 heteroatoms. The molecule has 0 saturated heterocycles. The second kappa shape index (κ2) is 5.99. The topological polar surface area (TPSA) is 64.1 Å². The summed E-state index contributed by atoms with van der Waals surface area (Å²) < 4.78 is 7.39. The molecule has 3 rings (SSSR count). The first kappa shape index (κ1) is 13.7. The second-order valence-electron chi connectivity index (χ2n) is 5.36. The van der Waals surface area contributed by atoms with Crippen LogP contribution in [-0.2, 0) is 0 Å². The Bertz CT molecular complexity index is 727. The zero-order chi connectivity index (χ0) is 14.7. The number of rotatable bonds is 3. The quantitative estimate of drug-likeness (QED) is 0.941. The van der Waals surface area contributed by atoms with Crippen molar-refractivity contribution in [3.63, 3.8) is 0 Å². The largest absolute Gasteiger partial charge is 0.490 e. The van der Waals surface area contributed by atoms with Gasteiger partial charge < -0.3 is 4.74 Å². The Morgan fingerprint density at radius 1 is 1.10 bits per heavy atom. The molecule has 1 aliphatic rings. The molecule has 110 valence electrons. The summed E-state index contributed by atoms with van der Waals surface area (Å²) in [7, 11) is 0. The lowest BCUT2D eigenvalue weighted by Crippen LogP contribution is -2.27. The van der Waals surface area contributed by atoms with Gasteiger partial charge in [0.05, 0.1) is 11.8 Å². The van der Waals surface area contributed by atoms with E-state index in [0.717, 1.165) is 18.6 Å². The van der Waals surface area contributed by atoms with E-state index < -0.39 is 11.2 Å². The van der Waals surface area contributed by atoms with Crippen molar-refractivity contribution in [3.05, 3.63) is 57.4 Å². The van der Waals surface area contributed by atoms with Crippen molar-refractivity contribution < 1.29 is 4.74 Å². The van der Waals surface area contributed by atoms with Crippen molar-refractivity contribution in [2.24, 2.45) is 0 Å². The number of hydrogen-bond donors (Lipinski definition) is 1. The van der Waals surface area contributed by atoms with Gasteiger partial charge in [0.1, 0.15) is 5.75 Å². The number of H-pyrrole nitrogens is 1. The summed E-state index contributed by atoms with van der Waals surface area (Å²) in [6.45, 7) is 0. The van der Waals surface area contributed by atoms with E-state index in [2.05, 4.69) is 4.98 Å². The number of aromatic nitrogens is 2. The summed E-state index contributed by atoms with van der Waals surface area (Å²) in [4.78, 5) is 25.2. The smallest absolute Gasteiger partial charge is 0.332 e. The average Bonchev–Trinajstić information content (AvgIpc) is 2.48. The molecule has 5 nitrogen and oxygen atoms in total. The summed E-state index contributed by atoms with van der Waals surface area (Å²) in [6, 6.07) is 8.72. The number of aromatic amines is 1. The molecule has 1 N–H and O–H groups in total. The minimum absolute atomic E-state index is 0.265. The van der Waals surface area contributed by atoms with Gasteiger partial charge in [-0.05, 0) is 37.8 Å². The van der Waals surface area contributed by atoms with Crippen LogP contribution >= 0.6 is 0 Å². The maximum Gasteiger partial charge on any atom is 0.332 e. The molecule has 2 aromatic rings. The van der Waals surface area contributed by atoms with Gasteiger partial charge in [-0.15, -0.1) is 0 Å². The molecular formula is C16H18N2O3. The van der Waals surface area contributed by atoms with Gasteiger partial charge in [0.25, 0.3) is 5.56 Å². The standard InChI is InChI=1S/C16H18N2O3/c19-15-9-10-18(16(20)17-15)12-5-4-8-14(11-12)21-13-6-2-1-3-7-13/h4-5,8-11,13H,1-3,6-7H2,(H,17,19,20). The highest BCUT2D eigenvalue weighted by Crippen LogP contribution is 2.24. The van der Waals surface area contributed by atoms with E-state index in [9.17, 15) is 9.59 Å². The predicted molar refractivity (Wildman–Crippen MR) is 80.2 cm³/mol. The number of hydrogen-bond acceptors (Lipinski definition) is 3. The van der Waals surface area contributed by atoms with Gasteiger partial charge in [0.15, 0.2) is 0 Å². The van der Waals surface area contributed by atoms with E-state index in [1.54, 1.807) is 0 Å². The van der Waals surface area contributed by atoms with Crippen LogP contribution in [0.3, 0.4) is 0 Å². The van der Waals surface area contributed by atoms with Crippen molar-refractivity contribution in [2.45, 2.75) is 38.2 Å². The SMILES string of the molecule is O=c1ccn(-c2cccc(OC3CCCCC3)c2)c(=O)[nH]1. The Hall–Kier alpha value is -2.30. The number of nitrogens with one attached hydrogen (secondary N) is 1. The first-order chi connectivity index (χ1) is 10.2. The summed E-state index contributed by atoms with van der Waals surface area (Å²) in [5.74, 6) is 0.762. The molecule has 0 aliphatic heterocycles. The summed E-state index contributed by atoms with van der Waals surface area (Å²) >= 11 is 0. The summed E-state index contributed by atoms with van der Waals surface area (Å²) in [5, 5.41) is 0. The summed E-state index contributed by atoms with van der Waals surface area (Å²) in [5.41, 5.74) is -0.160. The lowest BCUT2D eigenvalue weighted by Gasteiger charge is -2.23. The molecule has 1 aromatic heterocycles. The van der Waals surface area contributed by atoms with Crippen molar-refractivity contribution in [1.29, 1.82) is 0 Å². The fourth-order valence-corrected chi connectivity index (χ4v) is 2.70. The van der Waals surface area contributed by atoms with Gasteiger partial charge in [-0.1, -0.05) is 12.5 Å². The van der Waals surface area contributed by atoms with Crippen molar-refractivity contribution >= 4 is 0 Å². The highest BCUT2D eigenvalue weighted by atomic mass is 16.5. The molecule has 1 aliphatic carbocycles. The van der Waals surface area contributed by atoms with Gasteiger partial charge in [0, 0.05) is 18.3 Å². The van der Waals surface area contributed by atoms with Crippen LogP contribution in [0.1, 0.15) is 32.1 Å². The molecule has 1 saturated carbocycles. The van der Waals surface area contributed by atoms with Gasteiger partial charge in [-0.25, -0.2) is 4.79 Å². The monoisotopic (exact) mass is 286 g/mol. The zero-order valence-electron chi connectivity index (χ0n) is 11.7. The minimum atomic E-state index is -0.447. The Labute approximate surface area is 122 Å².